The van der Waals surface area contributed by atoms with E-state index >= 15 is 0 Å². The van der Waals surface area contributed by atoms with Crippen LogP contribution in [0.4, 0.5) is 26.3 Å². The molecule has 3 nitrogen and oxygen atoms in total. The Balaban J connectivity index is 0.000000184. The smallest absolute Gasteiger partial charge is 0.402 e. The molecular formula is C83H88F6O3. The molecular weight excluding hydrogens is 1160 g/mol. The summed E-state index contributed by atoms with van der Waals surface area (Å²) in [6.07, 6.45) is -8.71. The van der Waals surface area contributed by atoms with Crippen molar-refractivity contribution in [1.29, 1.82) is 0 Å². The van der Waals surface area contributed by atoms with Crippen LogP contribution in [0.25, 0.3) is 0 Å². The number of aryl methyl sites for hydroxylation is 16. The highest BCUT2D eigenvalue weighted by Gasteiger charge is 2.54. The van der Waals surface area contributed by atoms with Gasteiger partial charge in [0, 0.05) is 11.1 Å². The number of ether oxygens (including phenoxy) is 2. The Hall–Kier alpha value is -8.95. The van der Waals surface area contributed by atoms with Gasteiger partial charge in [0.05, 0.1) is 0 Å². The zero-order chi connectivity index (χ0) is 68.0. The van der Waals surface area contributed by atoms with Gasteiger partial charge in [0.2, 0.25) is 0 Å². The van der Waals surface area contributed by atoms with Gasteiger partial charge in [-0.25, -0.2) is 0 Å². The first-order valence-corrected chi connectivity index (χ1v) is 30.9. The molecule has 0 N–H and O–H groups in total. The van der Waals surface area contributed by atoms with E-state index in [0.717, 1.165) is 78.6 Å². The van der Waals surface area contributed by atoms with Crippen LogP contribution in [0.1, 0.15) is 141 Å². The lowest BCUT2D eigenvalue weighted by Crippen LogP contribution is -2.40. The minimum Gasteiger partial charge on any atom is -0.457 e. The maximum absolute atomic E-state index is 13.9. The van der Waals surface area contributed by atoms with Gasteiger partial charge in [-0.2, -0.15) is 26.3 Å². The van der Waals surface area contributed by atoms with E-state index in [0.29, 0.717) is 0 Å². The SMILES string of the molecule is Cc1ccc(C(=O)c2ccc(C)c(C)c2)cc1C.Cc1ccc(C(C)(c2ccc(C)c(C)c2)C(F)(F)F)cc1C.Cc1ccc(C(C)(c2ccc(C)cc2)C(F)(F)F)cc1.Cc1ccc(Oc2ccc(C)c(C)c2)cc1C.Cc1ccc(Oc2ccc(C)cc2)cc1. The topological polar surface area (TPSA) is 35.5 Å². The van der Waals surface area contributed by atoms with Gasteiger partial charge < -0.3 is 9.47 Å². The van der Waals surface area contributed by atoms with Gasteiger partial charge in [-0.15, -0.1) is 0 Å². The van der Waals surface area contributed by atoms with E-state index in [9.17, 15) is 31.1 Å². The van der Waals surface area contributed by atoms with Gasteiger partial charge in [0.15, 0.2) is 5.78 Å². The minimum atomic E-state index is -4.36. The first kappa shape index (κ1) is 72.1. The number of rotatable bonds is 10. The van der Waals surface area contributed by atoms with Gasteiger partial charge in [0.1, 0.15) is 33.8 Å². The summed E-state index contributed by atoms with van der Waals surface area (Å²) in [6.45, 7) is 34.4. The summed E-state index contributed by atoms with van der Waals surface area (Å²) in [5.74, 6) is 3.66. The number of carbonyl (C=O) groups excluding carboxylic acids is 1. The van der Waals surface area contributed by atoms with Crippen LogP contribution >= 0.6 is 0 Å². The fraction of sp³-hybridized carbons (Fsp3) is 0.265. The Kier molecular flexibility index (Phi) is 24.2. The standard InChI is InChI=1S/C19H21F3.C17H17F3.C17H18O.C16H18O.C14H14O/c1-12-6-8-16(10-14(12)3)18(5,19(20,21)22)17-9-7-13(2)15(4)11-17;1-12-4-8-14(9-5-12)16(3,17(18,19)20)15-10-6-13(2)7-11-15;1-11-5-7-15(9-13(11)3)17(18)16-8-6-12(2)14(4)10-16;1-11-5-7-15(9-13(11)3)17-16-8-6-12(2)14(4)10-16;1-11-3-7-13(8-4-11)15-14-9-5-12(2)6-10-14/h6-11H,1-5H3;4-11H,1-3H3;5-10H,1-4H3;5-10H,1-4H3;3-10H,1-2H3. The van der Waals surface area contributed by atoms with E-state index in [1.807, 2.05) is 152 Å². The highest BCUT2D eigenvalue weighted by atomic mass is 19.4. The molecule has 0 aliphatic heterocycles. The average Bonchev–Trinajstić information content (AvgIpc) is 0.766. The first-order chi connectivity index (χ1) is 43.1. The molecule has 0 saturated heterocycles. The molecule has 480 valence electrons. The van der Waals surface area contributed by atoms with Gasteiger partial charge in [-0.05, 0) is 274 Å². The second-order valence-electron chi connectivity index (χ2n) is 24.8. The molecule has 0 heterocycles. The van der Waals surface area contributed by atoms with Crippen LogP contribution in [0.2, 0.25) is 0 Å². The molecule has 0 fully saturated rings. The Morgan fingerprint density at radius 3 is 0.739 bits per heavy atom. The van der Waals surface area contributed by atoms with E-state index in [4.69, 9.17) is 9.47 Å². The molecule has 10 aromatic carbocycles. The second-order valence-corrected chi connectivity index (χ2v) is 24.8. The van der Waals surface area contributed by atoms with Crippen LogP contribution < -0.4 is 9.47 Å². The van der Waals surface area contributed by atoms with Crippen molar-refractivity contribution in [3.05, 3.63) is 329 Å². The highest BCUT2D eigenvalue weighted by molar-refractivity contribution is 6.09. The Bertz CT molecular complexity index is 3850. The van der Waals surface area contributed by atoms with Gasteiger partial charge >= 0.3 is 12.4 Å². The third kappa shape index (κ3) is 18.6. The minimum absolute atomic E-state index is 0.0983. The van der Waals surface area contributed by atoms with Gasteiger partial charge in [0.25, 0.3) is 0 Å². The fourth-order valence-electron chi connectivity index (χ4n) is 9.84. The molecule has 9 heteroatoms. The van der Waals surface area contributed by atoms with Crippen LogP contribution in [0, 0.1) is 111 Å². The molecule has 0 atom stereocenters. The van der Waals surface area contributed by atoms with Gasteiger partial charge in [-0.1, -0.05) is 168 Å². The van der Waals surface area contributed by atoms with E-state index in [-0.39, 0.29) is 28.0 Å². The van der Waals surface area contributed by atoms with Crippen molar-refractivity contribution in [2.75, 3.05) is 0 Å². The lowest BCUT2D eigenvalue weighted by Gasteiger charge is -2.34. The Morgan fingerprint density at radius 1 is 0.250 bits per heavy atom. The van der Waals surface area contributed by atoms with Crippen LogP contribution in [0.5, 0.6) is 23.0 Å². The van der Waals surface area contributed by atoms with Crippen LogP contribution in [0.15, 0.2) is 206 Å². The molecule has 0 unspecified atom stereocenters. The number of benzene rings is 10. The van der Waals surface area contributed by atoms with Crippen molar-refractivity contribution < 1.29 is 40.6 Å². The number of hydrogen-bond donors (Lipinski definition) is 0. The largest absolute Gasteiger partial charge is 0.457 e. The maximum atomic E-state index is 13.9. The molecule has 0 amide bonds. The van der Waals surface area contributed by atoms with Crippen molar-refractivity contribution in [3.8, 4) is 23.0 Å². The molecule has 10 aromatic rings. The highest BCUT2D eigenvalue weighted by Crippen LogP contribution is 2.48. The van der Waals surface area contributed by atoms with Crippen LogP contribution in [-0.2, 0) is 10.8 Å². The van der Waals surface area contributed by atoms with Crippen molar-refractivity contribution in [2.45, 2.75) is 148 Å². The van der Waals surface area contributed by atoms with E-state index in [2.05, 4.69) is 79.7 Å². The number of alkyl halides is 6. The number of carbonyl (C=O) groups is 1. The summed E-state index contributed by atoms with van der Waals surface area (Å²) in [6, 6.07) is 63.3. The average molecular weight is 1250 g/mol. The van der Waals surface area contributed by atoms with Crippen molar-refractivity contribution in [2.24, 2.45) is 0 Å². The van der Waals surface area contributed by atoms with E-state index < -0.39 is 23.2 Å². The lowest BCUT2D eigenvalue weighted by molar-refractivity contribution is -0.173. The van der Waals surface area contributed by atoms with Crippen LogP contribution in [0.3, 0.4) is 0 Å². The second kappa shape index (κ2) is 30.9. The predicted molar refractivity (Wildman–Crippen MR) is 369 cm³/mol. The van der Waals surface area contributed by atoms with Gasteiger partial charge in [-0.3, -0.25) is 4.79 Å². The number of halogens is 6. The molecule has 0 aliphatic rings. The fourth-order valence-corrected chi connectivity index (χ4v) is 9.84. The van der Waals surface area contributed by atoms with Crippen LogP contribution in [-0.4, -0.2) is 18.1 Å². The molecule has 0 aliphatic carbocycles. The monoisotopic (exact) mass is 1250 g/mol. The summed E-state index contributed by atoms with van der Waals surface area (Å²) < 4.78 is 94.4. The number of ketones is 1. The zero-order valence-electron chi connectivity index (χ0n) is 56.6. The normalized spacial score (nSPS) is 11.3. The first-order valence-electron chi connectivity index (χ1n) is 30.9. The molecule has 0 aromatic heterocycles. The Labute approximate surface area is 543 Å². The molecule has 0 spiro atoms. The third-order valence-electron chi connectivity index (χ3n) is 17.6. The summed E-state index contributed by atoms with van der Waals surface area (Å²) in [4.78, 5) is 12.4. The van der Waals surface area contributed by atoms with Crippen molar-refractivity contribution in [3.63, 3.8) is 0 Å². The molecule has 0 radical (unpaired) electrons. The number of hydrogen-bond acceptors (Lipinski definition) is 3. The molecule has 92 heavy (non-hydrogen) atoms. The van der Waals surface area contributed by atoms with E-state index in [1.165, 1.54) is 58.4 Å². The summed E-state index contributed by atoms with van der Waals surface area (Å²) >= 11 is 0. The third-order valence-corrected chi connectivity index (χ3v) is 17.6. The zero-order valence-corrected chi connectivity index (χ0v) is 56.6. The molecule has 0 saturated carbocycles. The van der Waals surface area contributed by atoms with E-state index in [1.54, 1.807) is 84.9 Å². The predicted octanol–water partition coefficient (Wildman–Crippen LogP) is 23.9. The quantitative estimate of drug-likeness (QED) is 0.101. The maximum Gasteiger partial charge on any atom is 0.402 e. The summed E-state index contributed by atoms with van der Waals surface area (Å²) in [7, 11) is 0. The molecule has 0 bridgehead atoms. The summed E-state index contributed by atoms with van der Waals surface area (Å²) in [5.41, 5.74) is 16.6. The molecule has 10 rings (SSSR count). The lowest BCUT2D eigenvalue weighted by atomic mass is 9.74. The Morgan fingerprint density at radius 2 is 0.467 bits per heavy atom. The van der Waals surface area contributed by atoms with Crippen molar-refractivity contribution >= 4 is 5.78 Å². The summed E-state index contributed by atoms with van der Waals surface area (Å²) in [5, 5.41) is 0. The van der Waals surface area contributed by atoms with Crippen molar-refractivity contribution in [1.82, 2.24) is 0 Å².